The number of halogens is 1. The van der Waals surface area contributed by atoms with E-state index in [-0.39, 0.29) is 22.9 Å². The van der Waals surface area contributed by atoms with Crippen LogP contribution in [0.5, 0.6) is 0 Å². The summed E-state index contributed by atoms with van der Waals surface area (Å²) < 4.78 is 0. The monoisotopic (exact) mass is 245 g/mol. The summed E-state index contributed by atoms with van der Waals surface area (Å²) in [6.45, 7) is 0. The van der Waals surface area contributed by atoms with Crippen LogP contribution in [0.4, 0.5) is 0 Å². The molecule has 0 bridgehead atoms. The van der Waals surface area contributed by atoms with Crippen LogP contribution in [0.15, 0.2) is 46.3 Å². The van der Waals surface area contributed by atoms with Crippen molar-refractivity contribution >= 4 is 23.5 Å². The molecule has 0 atom stereocenters. The molecule has 1 aromatic carbocycles. The van der Waals surface area contributed by atoms with Gasteiger partial charge in [0.2, 0.25) is 0 Å². The lowest BCUT2D eigenvalue weighted by molar-refractivity contribution is 0.424. The molecule has 0 spiro atoms. The first-order chi connectivity index (χ1) is 8.11. The zero-order valence-electron chi connectivity index (χ0n) is 8.68. The lowest BCUT2D eigenvalue weighted by Gasteiger charge is -1.97. The largest absolute Gasteiger partial charge is 0.504 e. The molecule has 0 aliphatic carbocycles. The van der Waals surface area contributed by atoms with Crippen LogP contribution in [0, 0.1) is 11.3 Å². The maximum Gasteiger partial charge on any atom is 0.162 e. The van der Waals surface area contributed by atoms with E-state index in [1.165, 1.54) is 0 Å². The summed E-state index contributed by atoms with van der Waals surface area (Å²) in [4.78, 5) is 3.92. The van der Waals surface area contributed by atoms with E-state index >= 15 is 0 Å². The van der Waals surface area contributed by atoms with Gasteiger partial charge in [0.15, 0.2) is 5.76 Å². The van der Waals surface area contributed by atoms with Crippen LogP contribution in [-0.4, -0.2) is 10.9 Å². The second kappa shape index (κ2) is 4.32. The zero-order chi connectivity index (χ0) is 12.4. The number of amidine groups is 1. The van der Waals surface area contributed by atoms with Crippen molar-refractivity contribution in [3.8, 4) is 6.07 Å². The number of rotatable bonds is 1. The molecule has 0 aromatic heterocycles. The normalized spacial score (nSPS) is 17.2. The van der Waals surface area contributed by atoms with E-state index in [1.807, 2.05) is 0 Å². The van der Waals surface area contributed by atoms with Crippen molar-refractivity contribution in [2.24, 2.45) is 10.7 Å². The average molecular weight is 246 g/mol. The van der Waals surface area contributed by atoms with Gasteiger partial charge in [-0.25, -0.2) is 4.99 Å². The van der Waals surface area contributed by atoms with Crippen LogP contribution in [0.25, 0.3) is 6.08 Å². The Morgan fingerprint density at radius 3 is 2.53 bits per heavy atom. The third kappa shape index (κ3) is 2.14. The third-order valence-corrected chi connectivity index (χ3v) is 2.51. The summed E-state index contributed by atoms with van der Waals surface area (Å²) in [5.74, 6) is -0.162. The van der Waals surface area contributed by atoms with E-state index in [0.717, 1.165) is 5.56 Å². The minimum atomic E-state index is -0.194. The molecule has 1 aliphatic heterocycles. The van der Waals surface area contributed by atoms with Crippen LogP contribution in [-0.2, 0) is 0 Å². The lowest BCUT2D eigenvalue weighted by atomic mass is 10.1. The maximum absolute atomic E-state index is 9.70. The SMILES string of the molecule is N#CC1=C(O)C(=Cc2ccc(Cl)cc2)N=C1N. The number of aliphatic hydroxyl groups excluding tert-OH is 1. The molecule has 1 aliphatic rings. The van der Waals surface area contributed by atoms with E-state index in [4.69, 9.17) is 22.6 Å². The number of benzene rings is 1. The van der Waals surface area contributed by atoms with E-state index in [2.05, 4.69) is 4.99 Å². The maximum atomic E-state index is 9.70. The van der Waals surface area contributed by atoms with Gasteiger partial charge in [-0.15, -0.1) is 0 Å². The van der Waals surface area contributed by atoms with Crippen molar-refractivity contribution < 1.29 is 5.11 Å². The molecule has 0 radical (unpaired) electrons. The molecule has 1 aromatic rings. The highest BCUT2D eigenvalue weighted by Gasteiger charge is 2.20. The summed E-state index contributed by atoms with van der Waals surface area (Å²) in [6, 6.07) is 8.80. The third-order valence-electron chi connectivity index (χ3n) is 2.26. The van der Waals surface area contributed by atoms with E-state index < -0.39 is 0 Å². The van der Waals surface area contributed by atoms with E-state index in [9.17, 15) is 5.11 Å². The van der Waals surface area contributed by atoms with Gasteiger partial charge in [0, 0.05) is 5.02 Å². The Kier molecular flexibility index (Phi) is 2.86. The summed E-state index contributed by atoms with van der Waals surface area (Å²) in [5, 5.41) is 19.1. The Morgan fingerprint density at radius 1 is 1.35 bits per heavy atom. The lowest BCUT2D eigenvalue weighted by Crippen LogP contribution is -2.10. The predicted octanol–water partition coefficient (Wildman–Crippen LogP) is 2.39. The van der Waals surface area contributed by atoms with E-state index in [1.54, 1.807) is 36.4 Å². The molecule has 1 heterocycles. The number of aliphatic imine (C=N–C) groups is 1. The van der Waals surface area contributed by atoms with Crippen LogP contribution < -0.4 is 5.73 Å². The van der Waals surface area contributed by atoms with Crippen molar-refractivity contribution in [1.29, 1.82) is 5.26 Å². The fourth-order valence-electron chi connectivity index (χ4n) is 1.42. The van der Waals surface area contributed by atoms with Gasteiger partial charge in [0.1, 0.15) is 23.2 Å². The summed E-state index contributed by atoms with van der Waals surface area (Å²) >= 11 is 5.76. The molecule has 17 heavy (non-hydrogen) atoms. The fourth-order valence-corrected chi connectivity index (χ4v) is 1.54. The smallest absolute Gasteiger partial charge is 0.162 e. The summed E-state index contributed by atoms with van der Waals surface area (Å²) in [5.41, 5.74) is 6.59. The second-order valence-corrected chi connectivity index (χ2v) is 3.85. The molecule has 3 N–H and O–H groups in total. The summed E-state index contributed by atoms with van der Waals surface area (Å²) in [6.07, 6.45) is 1.63. The quantitative estimate of drug-likeness (QED) is 0.797. The Hall–Kier alpha value is -2.25. The minimum absolute atomic E-state index is 0.00483. The highest BCUT2D eigenvalue weighted by atomic mass is 35.5. The zero-order valence-corrected chi connectivity index (χ0v) is 9.44. The number of hydrogen-bond donors (Lipinski definition) is 2. The van der Waals surface area contributed by atoms with Crippen molar-refractivity contribution in [3.63, 3.8) is 0 Å². The molecule has 2 rings (SSSR count). The first-order valence-corrected chi connectivity index (χ1v) is 5.15. The van der Waals surface area contributed by atoms with Crippen LogP contribution in [0.2, 0.25) is 5.02 Å². The Labute approximate surface area is 103 Å². The molecule has 84 valence electrons. The molecule has 0 amide bonds. The first kappa shape index (κ1) is 11.2. The standard InChI is InChI=1S/C12H8ClN3O/c13-8-3-1-7(2-4-8)5-10-11(17)9(6-14)12(15)16-10/h1-5,17H,(H2,15,16). The molecular weight excluding hydrogens is 238 g/mol. The van der Waals surface area contributed by atoms with Crippen LogP contribution in [0.3, 0.4) is 0 Å². The Bertz CT molecular complexity index is 591. The molecular formula is C12H8ClN3O. The highest BCUT2D eigenvalue weighted by molar-refractivity contribution is 6.30. The van der Waals surface area contributed by atoms with Gasteiger partial charge in [-0.05, 0) is 23.8 Å². The number of aliphatic hydroxyl groups is 1. The highest BCUT2D eigenvalue weighted by Crippen LogP contribution is 2.23. The molecule has 0 fully saturated rings. The Morgan fingerprint density at radius 2 is 2.00 bits per heavy atom. The second-order valence-electron chi connectivity index (χ2n) is 3.41. The van der Waals surface area contributed by atoms with Crippen molar-refractivity contribution in [1.82, 2.24) is 0 Å². The average Bonchev–Trinajstić information content (AvgIpc) is 2.57. The van der Waals surface area contributed by atoms with Gasteiger partial charge < -0.3 is 10.8 Å². The minimum Gasteiger partial charge on any atom is -0.504 e. The number of nitriles is 1. The van der Waals surface area contributed by atoms with Gasteiger partial charge in [-0.3, -0.25) is 0 Å². The summed E-state index contributed by atoms with van der Waals surface area (Å²) in [7, 11) is 0. The van der Waals surface area contributed by atoms with E-state index in [0.29, 0.717) is 5.02 Å². The number of hydrogen-bond acceptors (Lipinski definition) is 4. The molecule has 4 nitrogen and oxygen atoms in total. The van der Waals surface area contributed by atoms with Crippen molar-refractivity contribution in [2.45, 2.75) is 0 Å². The van der Waals surface area contributed by atoms with Crippen LogP contribution in [0.1, 0.15) is 5.56 Å². The first-order valence-electron chi connectivity index (χ1n) is 4.77. The molecule has 0 saturated heterocycles. The fraction of sp³-hybridized carbons (Fsp3) is 0. The van der Waals surface area contributed by atoms with Gasteiger partial charge in [-0.1, -0.05) is 23.7 Å². The van der Waals surface area contributed by atoms with Gasteiger partial charge in [0.05, 0.1) is 0 Å². The molecule has 5 heteroatoms. The van der Waals surface area contributed by atoms with Gasteiger partial charge in [-0.2, -0.15) is 5.26 Å². The van der Waals surface area contributed by atoms with Gasteiger partial charge >= 0.3 is 0 Å². The molecule has 0 unspecified atom stereocenters. The van der Waals surface area contributed by atoms with Gasteiger partial charge in [0.25, 0.3) is 0 Å². The van der Waals surface area contributed by atoms with Crippen molar-refractivity contribution in [2.75, 3.05) is 0 Å². The number of nitrogens with two attached hydrogens (primary N) is 1. The topological polar surface area (TPSA) is 82.4 Å². The Balaban J connectivity index is 2.41. The number of nitrogens with zero attached hydrogens (tertiary/aromatic N) is 2. The van der Waals surface area contributed by atoms with Crippen LogP contribution >= 0.6 is 11.6 Å². The predicted molar refractivity (Wildman–Crippen MR) is 66.3 cm³/mol. The molecule has 0 saturated carbocycles. The van der Waals surface area contributed by atoms with Crippen molar-refractivity contribution in [3.05, 3.63) is 51.9 Å².